The van der Waals surface area contributed by atoms with Gasteiger partial charge in [0.05, 0.1) is 5.75 Å². The molecule has 1 aliphatic rings. The van der Waals surface area contributed by atoms with E-state index in [1.54, 1.807) is 0 Å². The summed E-state index contributed by atoms with van der Waals surface area (Å²) < 4.78 is 57.2. The molecule has 1 fully saturated rings. The van der Waals surface area contributed by atoms with Crippen molar-refractivity contribution in [2.45, 2.75) is 38.0 Å². The van der Waals surface area contributed by atoms with E-state index in [0.29, 0.717) is 13.1 Å². The molecule has 0 radical (unpaired) electrons. The number of rotatable bonds is 6. The van der Waals surface area contributed by atoms with Gasteiger partial charge in [-0.2, -0.15) is 0 Å². The van der Waals surface area contributed by atoms with Crippen molar-refractivity contribution in [1.82, 2.24) is 14.2 Å². The normalized spacial score (nSPS) is 17.7. The van der Waals surface area contributed by atoms with E-state index in [0.717, 1.165) is 19.3 Å². The summed E-state index contributed by atoms with van der Waals surface area (Å²) in [6.07, 6.45) is 2.73. The van der Waals surface area contributed by atoms with Crippen LogP contribution in [0.4, 0.5) is 0 Å². The molecule has 2 heterocycles. The van der Waals surface area contributed by atoms with Crippen molar-refractivity contribution in [2.75, 3.05) is 25.4 Å². The van der Waals surface area contributed by atoms with E-state index in [1.807, 2.05) is 0 Å². The molecule has 0 aliphatic carbocycles. The third-order valence-corrected chi connectivity index (χ3v) is 7.17. The van der Waals surface area contributed by atoms with Gasteiger partial charge in [0.15, 0.2) is 5.76 Å². The maximum absolute atomic E-state index is 12.2. The summed E-state index contributed by atoms with van der Waals surface area (Å²) in [7, 11) is -7.25. The Hall–Kier alpha value is -0.970. The van der Waals surface area contributed by atoms with E-state index in [2.05, 4.69) is 9.88 Å². The lowest BCUT2D eigenvalue weighted by atomic mass is 10.2. The molecule has 1 saturated heterocycles. The monoisotopic (exact) mass is 351 g/mol. The highest BCUT2D eigenvalue weighted by atomic mass is 32.2. The number of hydrogen-bond acceptors (Lipinski definition) is 6. The minimum atomic E-state index is -3.82. The lowest BCUT2D eigenvalue weighted by Crippen LogP contribution is -2.40. The van der Waals surface area contributed by atoms with Crippen molar-refractivity contribution in [3.63, 3.8) is 0 Å². The van der Waals surface area contributed by atoms with Gasteiger partial charge in [-0.1, -0.05) is 11.6 Å². The average molecular weight is 351 g/mol. The first-order valence-electron chi connectivity index (χ1n) is 7.14. The van der Waals surface area contributed by atoms with Crippen molar-refractivity contribution in [3.05, 3.63) is 11.5 Å². The van der Waals surface area contributed by atoms with E-state index < -0.39 is 20.0 Å². The lowest BCUT2D eigenvalue weighted by molar-refractivity contribution is 0.346. The largest absolute Gasteiger partial charge is 0.360 e. The second kappa shape index (κ2) is 6.65. The molecule has 8 nitrogen and oxygen atoms in total. The zero-order valence-corrected chi connectivity index (χ0v) is 14.3. The Morgan fingerprint density at radius 2 is 1.77 bits per heavy atom. The van der Waals surface area contributed by atoms with Crippen molar-refractivity contribution >= 4 is 20.0 Å². The van der Waals surface area contributed by atoms with Gasteiger partial charge in [-0.15, -0.1) is 0 Å². The van der Waals surface area contributed by atoms with E-state index in [4.69, 9.17) is 4.52 Å². The first-order chi connectivity index (χ1) is 10.2. The SMILES string of the molecule is Cc1noc(C)c1S(=O)(=O)NCCS(=O)(=O)N1CCCCC1. The van der Waals surface area contributed by atoms with Crippen LogP contribution in [0.3, 0.4) is 0 Å². The van der Waals surface area contributed by atoms with E-state index in [1.165, 1.54) is 18.2 Å². The molecule has 2 rings (SSSR count). The summed E-state index contributed by atoms with van der Waals surface area (Å²) in [6, 6.07) is 0. The molecule has 0 saturated carbocycles. The van der Waals surface area contributed by atoms with Gasteiger partial charge in [0.2, 0.25) is 20.0 Å². The van der Waals surface area contributed by atoms with Crippen LogP contribution in [0.15, 0.2) is 9.42 Å². The molecule has 1 aromatic heterocycles. The van der Waals surface area contributed by atoms with E-state index >= 15 is 0 Å². The summed E-state index contributed by atoms with van der Waals surface area (Å²) >= 11 is 0. The Kier molecular flexibility index (Phi) is 5.25. The number of aromatic nitrogens is 1. The summed E-state index contributed by atoms with van der Waals surface area (Å²) in [5.74, 6) is -0.0702. The Balaban J connectivity index is 1.98. The topological polar surface area (TPSA) is 110 Å². The predicted octanol–water partition coefficient (Wildman–Crippen LogP) is 0.385. The molecule has 0 aromatic carbocycles. The van der Waals surface area contributed by atoms with Crippen molar-refractivity contribution in [3.8, 4) is 0 Å². The smallest absolute Gasteiger partial charge is 0.245 e. The van der Waals surface area contributed by atoms with Crippen LogP contribution in [0, 0.1) is 13.8 Å². The van der Waals surface area contributed by atoms with Gasteiger partial charge in [0.25, 0.3) is 0 Å². The average Bonchev–Trinajstić information content (AvgIpc) is 2.79. The summed E-state index contributed by atoms with van der Waals surface area (Å²) in [4.78, 5) is -0.0251. The van der Waals surface area contributed by atoms with Gasteiger partial charge in [0, 0.05) is 19.6 Å². The number of sulfonamides is 2. The van der Waals surface area contributed by atoms with Gasteiger partial charge >= 0.3 is 0 Å². The third-order valence-electron chi connectivity index (χ3n) is 3.60. The minimum Gasteiger partial charge on any atom is -0.360 e. The molecule has 0 bridgehead atoms. The summed E-state index contributed by atoms with van der Waals surface area (Å²) in [6.45, 7) is 3.87. The molecule has 0 unspecified atom stereocenters. The number of piperidine rings is 1. The molecule has 0 atom stereocenters. The predicted molar refractivity (Wildman–Crippen MR) is 80.4 cm³/mol. The highest BCUT2D eigenvalue weighted by Crippen LogP contribution is 2.18. The molecule has 0 amide bonds. The number of aryl methyl sites for hydroxylation is 2. The first-order valence-corrected chi connectivity index (χ1v) is 10.2. The van der Waals surface area contributed by atoms with Crippen molar-refractivity contribution in [1.29, 1.82) is 0 Å². The van der Waals surface area contributed by atoms with Crippen molar-refractivity contribution < 1.29 is 21.4 Å². The fourth-order valence-electron chi connectivity index (χ4n) is 2.51. The second-order valence-electron chi connectivity index (χ2n) is 5.33. The van der Waals surface area contributed by atoms with Gasteiger partial charge in [0.1, 0.15) is 10.6 Å². The number of hydrogen-bond donors (Lipinski definition) is 1. The third kappa shape index (κ3) is 3.86. The molecule has 1 aromatic rings. The van der Waals surface area contributed by atoms with Gasteiger partial charge in [-0.05, 0) is 26.7 Å². The maximum atomic E-state index is 12.2. The van der Waals surface area contributed by atoms with E-state index in [9.17, 15) is 16.8 Å². The molecular formula is C12H21N3O5S2. The van der Waals surface area contributed by atoms with Crippen LogP contribution in [-0.4, -0.2) is 51.7 Å². The Labute approximate surface area is 131 Å². The minimum absolute atomic E-state index is 0.0251. The zero-order chi connectivity index (χ0) is 16.4. The summed E-state index contributed by atoms with van der Waals surface area (Å²) in [5, 5.41) is 3.59. The standard InChI is InChI=1S/C12H21N3O5S2/c1-10-12(11(2)20-14-10)22(18,19)13-6-9-21(16,17)15-7-4-3-5-8-15/h13H,3-9H2,1-2H3. The highest BCUT2D eigenvalue weighted by molar-refractivity contribution is 7.90. The molecule has 10 heteroatoms. The van der Waals surface area contributed by atoms with Crippen LogP contribution in [0.1, 0.15) is 30.7 Å². The molecule has 22 heavy (non-hydrogen) atoms. The van der Waals surface area contributed by atoms with Crippen LogP contribution in [0.25, 0.3) is 0 Å². The highest BCUT2D eigenvalue weighted by Gasteiger charge is 2.27. The second-order valence-corrected chi connectivity index (χ2v) is 9.12. The Bertz CT molecular complexity index is 698. The fourth-order valence-corrected chi connectivity index (χ4v) is 5.43. The fraction of sp³-hybridized carbons (Fsp3) is 0.750. The number of nitrogens with zero attached hydrogens (tertiary/aromatic N) is 2. The zero-order valence-electron chi connectivity index (χ0n) is 12.7. The molecule has 1 N–H and O–H groups in total. The Morgan fingerprint density at radius 1 is 1.14 bits per heavy atom. The van der Waals surface area contributed by atoms with Crippen LogP contribution in [-0.2, 0) is 20.0 Å². The maximum Gasteiger partial charge on any atom is 0.245 e. The van der Waals surface area contributed by atoms with Gasteiger partial charge < -0.3 is 4.52 Å². The molecule has 1 aliphatic heterocycles. The molecular weight excluding hydrogens is 330 g/mol. The van der Waals surface area contributed by atoms with Crippen LogP contribution in [0.2, 0.25) is 0 Å². The van der Waals surface area contributed by atoms with Gasteiger partial charge in [-0.3, -0.25) is 0 Å². The first kappa shape index (κ1) is 17.4. The van der Waals surface area contributed by atoms with Crippen LogP contribution < -0.4 is 4.72 Å². The lowest BCUT2D eigenvalue weighted by Gasteiger charge is -2.25. The van der Waals surface area contributed by atoms with Crippen molar-refractivity contribution in [2.24, 2.45) is 0 Å². The van der Waals surface area contributed by atoms with Gasteiger partial charge in [-0.25, -0.2) is 25.9 Å². The molecule has 0 spiro atoms. The van der Waals surface area contributed by atoms with Crippen LogP contribution >= 0.6 is 0 Å². The quantitative estimate of drug-likeness (QED) is 0.794. The van der Waals surface area contributed by atoms with Crippen LogP contribution in [0.5, 0.6) is 0 Å². The number of nitrogens with one attached hydrogen (secondary N) is 1. The summed E-state index contributed by atoms with van der Waals surface area (Å²) in [5.41, 5.74) is 0.254. The molecule has 126 valence electrons. The Morgan fingerprint density at radius 3 is 2.32 bits per heavy atom. The van der Waals surface area contributed by atoms with E-state index in [-0.39, 0.29) is 28.6 Å².